The van der Waals surface area contributed by atoms with E-state index < -0.39 is 6.04 Å². The molecule has 2 aromatic carbocycles. The molecule has 1 atom stereocenters. The quantitative estimate of drug-likeness (QED) is 0.639. The van der Waals surface area contributed by atoms with E-state index in [9.17, 15) is 9.59 Å². The Morgan fingerprint density at radius 1 is 1.11 bits per heavy atom. The number of rotatable bonds is 5. The van der Waals surface area contributed by atoms with Gasteiger partial charge in [0, 0.05) is 7.05 Å². The van der Waals surface area contributed by atoms with Crippen molar-refractivity contribution in [3.8, 4) is 5.75 Å². The molecule has 3 aromatic rings. The highest BCUT2D eigenvalue weighted by atomic mass is 16.5. The van der Waals surface area contributed by atoms with Crippen molar-refractivity contribution in [3.05, 3.63) is 75.6 Å². The molecule has 0 aliphatic carbocycles. The Bertz CT molecular complexity index is 1070. The molecule has 5 nitrogen and oxygen atoms in total. The molecule has 1 amide bonds. The van der Waals surface area contributed by atoms with E-state index in [2.05, 4.69) is 6.92 Å². The number of carbonyl (C=O) groups excluding carboxylic acids is 1. The molecule has 0 saturated heterocycles. The lowest BCUT2D eigenvalue weighted by Crippen LogP contribution is -2.25. The van der Waals surface area contributed by atoms with Crippen LogP contribution in [0.1, 0.15) is 47.5 Å². The minimum Gasteiger partial charge on any atom is -0.494 e. The highest BCUT2D eigenvalue weighted by Gasteiger charge is 2.40. The second kappa shape index (κ2) is 6.91. The second-order valence-corrected chi connectivity index (χ2v) is 6.76. The zero-order valence-corrected chi connectivity index (χ0v) is 15.4. The molecule has 1 unspecified atom stereocenters. The van der Waals surface area contributed by atoms with Crippen LogP contribution >= 0.6 is 0 Å². The predicted octanol–water partition coefficient (Wildman–Crippen LogP) is 4.15. The zero-order valence-electron chi connectivity index (χ0n) is 15.4. The molecule has 4 rings (SSSR count). The summed E-state index contributed by atoms with van der Waals surface area (Å²) in [4.78, 5) is 27.4. The van der Waals surface area contributed by atoms with Crippen molar-refractivity contribution >= 4 is 16.9 Å². The average molecular weight is 363 g/mol. The summed E-state index contributed by atoms with van der Waals surface area (Å²) in [5.41, 5.74) is 1.50. The third kappa shape index (κ3) is 2.89. The fraction of sp³-hybridized carbons (Fsp3) is 0.273. The summed E-state index contributed by atoms with van der Waals surface area (Å²) >= 11 is 0. The summed E-state index contributed by atoms with van der Waals surface area (Å²) in [5, 5.41) is 0.486. The van der Waals surface area contributed by atoms with Crippen LogP contribution in [0.5, 0.6) is 5.75 Å². The number of amides is 1. The van der Waals surface area contributed by atoms with Crippen molar-refractivity contribution in [1.82, 2.24) is 4.90 Å². The van der Waals surface area contributed by atoms with Gasteiger partial charge in [-0.15, -0.1) is 0 Å². The Kier molecular flexibility index (Phi) is 4.44. The monoisotopic (exact) mass is 363 g/mol. The number of ether oxygens (including phenoxy) is 1. The molecule has 0 saturated carbocycles. The third-order valence-electron chi connectivity index (χ3n) is 4.95. The van der Waals surface area contributed by atoms with E-state index in [1.54, 1.807) is 36.2 Å². The largest absolute Gasteiger partial charge is 0.494 e. The highest BCUT2D eigenvalue weighted by molar-refractivity contribution is 5.98. The average Bonchev–Trinajstić information content (AvgIpc) is 2.94. The van der Waals surface area contributed by atoms with Gasteiger partial charge in [0.15, 0.2) is 5.43 Å². The van der Waals surface area contributed by atoms with Gasteiger partial charge in [-0.2, -0.15) is 0 Å². The number of hydrogen-bond donors (Lipinski definition) is 0. The van der Waals surface area contributed by atoms with E-state index in [1.165, 1.54) is 0 Å². The Morgan fingerprint density at radius 2 is 1.93 bits per heavy atom. The smallest absolute Gasteiger partial charge is 0.290 e. The van der Waals surface area contributed by atoms with Crippen LogP contribution in [0.3, 0.4) is 0 Å². The number of unbranched alkanes of at least 4 members (excludes halogenated alkanes) is 1. The number of nitrogens with zero attached hydrogens (tertiary/aromatic N) is 1. The van der Waals surface area contributed by atoms with E-state index in [-0.39, 0.29) is 17.1 Å². The molecule has 2 heterocycles. The highest BCUT2D eigenvalue weighted by Crippen LogP contribution is 2.37. The van der Waals surface area contributed by atoms with Gasteiger partial charge in [0.25, 0.3) is 5.91 Å². The normalized spacial score (nSPS) is 16.0. The van der Waals surface area contributed by atoms with Crippen LogP contribution in [0.2, 0.25) is 0 Å². The lowest BCUT2D eigenvalue weighted by Gasteiger charge is -2.21. The Labute approximate surface area is 157 Å². The molecular weight excluding hydrogens is 342 g/mol. The van der Waals surface area contributed by atoms with E-state index in [1.807, 2.05) is 24.3 Å². The van der Waals surface area contributed by atoms with Crippen LogP contribution in [-0.4, -0.2) is 24.5 Å². The first kappa shape index (κ1) is 17.3. The fourth-order valence-electron chi connectivity index (χ4n) is 3.53. The number of fused-ring (bicyclic) bond motifs is 2. The van der Waals surface area contributed by atoms with Crippen LogP contribution in [0, 0.1) is 0 Å². The van der Waals surface area contributed by atoms with E-state index in [4.69, 9.17) is 9.15 Å². The van der Waals surface area contributed by atoms with Crippen molar-refractivity contribution in [3.63, 3.8) is 0 Å². The van der Waals surface area contributed by atoms with E-state index in [0.717, 1.165) is 24.2 Å². The third-order valence-corrected chi connectivity index (χ3v) is 4.95. The Morgan fingerprint density at radius 3 is 2.74 bits per heavy atom. The van der Waals surface area contributed by atoms with E-state index in [0.29, 0.717) is 23.1 Å². The Balaban J connectivity index is 1.82. The van der Waals surface area contributed by atoms with Crippen molar-refractivity contribution in [2.24, 2.45) is 0 Å². The first-order chi connectivity index (χ1) is 13.1. The molecule has 5 heteroatoms. The molecule has 0 N–H and O–H groups in total. The number of carbonyl (C=O) groups is 1. The maximum Gasteiger partial charge on any atom is 0.290 e. The molecular formula is C22H21NO4. The van der Waals surface area contributed by atoms with Gasteiger partial charge in [-0.1, -0.05) is 37.6 Å². The minimum atomic E-state index is -0.483. The minimum absolute atomic E-state index is 0.128. The molecule has 0 bridgehead atoms. The van der Waals surface area contributed by atoms with Gasteiger partial charge in [0.1, 0.15) is 11.3 Å². The molecule has 27 heavy (non-hydrogen) atoms. The summed E-state index contributed by atoms with van der Waals surface area (Å²) in [5.74, 6) is 0.582. The summed E-state index contributed by atoms with van der Waals surface area (Å²) < 4.78 is 11.6. The fourth-order valence-corrected chi connectivity index (χ4v) is 3.53. The van der Waals surface area contributed by atoms with Gasteiger partial charge >= 0.3 is 0 Å². The van der Waals surface area contributed by atoms with Crippen LogP contribution in [-0.2, 0) is 0 Å². The first-order valence-corrected chi connectivity index (χ1v) is 9.17. The van der Waals surface area contributed by atoms with Crippen molar-refractivity contribution in [2.45, 2.75) is 25.8 Å². The van der Waals surface area contributed by atoms with Crippen LogP contribution in [0.15, 0.2) is 57.7 Å². The van der Waals surface area contributed by atoms with Gasteiger partial charge in [-0.3, -0.25) is 9.59 Å². The Hall–Kier alpha value is -3.08. The van der Waals surface area contributed by atoms with Gasteiger partial charge in [0.2, 0.25) is 5.76 Å². The van der Waals surface area contributed by atoms with Crippen molar-refractivity contribution in [1.29, 1.82) is 0 Å². The van der Waals surface area contributed by atoms with Crippen molar-refractivity contribution in [2.75, 3.05) is 13.7 Å². The summed E-state index contributed by atoms with van der Waals surface area (Å²) in [6, 6.07) is 14.1. The van der Waals surface area contributed by atoms with Gasteiger partial charge in [-0.25, -0.2) is 0 Å². The predicted molar refractivity (Wildman–Crippen MR) is 103 cm³/mol. The number of para-hydroxylation sites is 1. The zero-order chi connectivity index (χ0) is 19.0. The van der Waals surface area contributed by atoms with E-state index >= 15 is 0 Å². The summed E-state index contributed by atoms with van der Waals surface area (Å²) in [6.07, 6.45) is 2.03. The van der Waals surface area contributed by atoms with Crippen LogP contribution in [0.4, 0.5) is 0 Å². The maximum absolute atomic E-state index is 13.1. The van der Waals surface area contributed by atoms with Gasteiger partial charge < -0.3 is 14.1 Å². The molecule has 1 aliphatic rings. The molecule has 0 fully saturated rings. The molecule has 0 radical (unpaired) electrons. The first-order valence-electron chi connectivity index (χ1n) is 9.17. The van der Waals surface area contributed by atoms with Crippen molar-refractivity contribution < 1.29 is 13.9 Å². The lowest BCUT2D eigenvalue weighted by molar-refractivity contribution is 0.0771. The standard InChI is InChI=1S/C22H21NO4/c1-3-4-12-26-15-9-7-8-14(13-15)19-18-20(24)16-10-5-6-11-17(16)27-21(18)22(25)23(19)2/h5-11,13,19H,3-4,12H2,1-2H3. The summed E-state index contributed by atoms with van der Waals surface area (Å²) in [6.45, 7) is 2.75. The topological polar surface area (TPSA) is 59.8 Å². The van der Waals surface area contributed by atoms with Crippen LogP contribution in [0.25, 0.3) is 11.0 Å². The molecule has 0 spiro atoms. The molecule has 138 valence electrons. The number of hydrogen-bond acceptors (Lipinski definition) is 4. The lowest BCUT2D eigenvalue weighted by atomic mass is 9.98. The SMILES string of the molecule is CCCCOc1cccc(C2c3c(oc4ccccc4c3=O)C(=O)N2C)c1. The van der Waals surface area contributed by atoms with Gasteiger partial charge in [-0.05, 0) is 36.2 Å². The number of benzene rings is 2. The van der Waals surface area contributed by atoms with Gasteiger partial charge in [0.05, 0.1) is 23.6 Å². The second-order valence-electron chi connectivity index (χ2n) is 6.76. The maximum atomic E-state index is 13.1. The summed E-state index contributed by atoms with van der Waals surface area (Å²) in [7, 11) is 1.69. The molecule has 1 aliphatic heterocycles. The molecule has 1 aromatic heterocycles. The van der Waals surface area contributed by atoms with Crippen LogP contribution < -0.4 is 10.2 Å².